The first-order chi connectivity index (χ1) is 13.1. The number of rotatable bonds is 7. The molecule has 0 radical (unpaired) electrons. The second-order valence-electron chi connectivity index (χ2n) is 7.03. The first-order valence-corrected chi connectivity index (χ1v) is 9.80. The molecule has 0 N–H and O–H groups in total. The summed E-state index contributed by atoms with van der Waals surface area (Å²) in [5, 5.41) is 1.99. The molecule has 2 heteroatoms. The fourth-order valence-electron chi connectivity index (χ4n) is 3.31. The summed E-state index contributed by atoms with van der Waals surface area (Å²) in [5.74, 6) is -1.62. The van der Waals surface area contributed by atoms with Crippen LogP contribution >= 0.6 is 0 Å². The molecule has 0 aliphatic rings. The molecule has 0 bridgehead atoms. The predicted molar refractivity (Wildman–Crippen MR) is 112 cm³/mol. The van der Waals surface area contributed by atoms with Crippen molar-refractivity contribution >= 4 is 22.4 Å². The van der Waals surface area contributed by atoms with Crippen molar-refractivity contribution in [3.8, 4) is 0 Å². The van der Waals surface area contributed by atoms with Crippen LogP contribution in [0.5, 0.6) is 0 Å². The molecule has 140 valence electrons. The second kappa shape index (κ2) is 8.94. The van der Waals surface area contributed by atoms with Gasteiger partial charge in [-0.05, 0) is 47.2 Å². The highest BCUT2D eigenvalue weighted by atomic mass is 19.2. The normalized spacial score (nSPS) is 12.3. The van der Waals surface area contributed by atoms with Gasteiger partial charge in [-0.2, -0.15) is 0 Å². The van der Waals surface area contributed by atoms with Gasteiger partial charge in [0.05, 0.1) is 0 Å². The van der Waals surface area contributed by atoms with Gasteiger partial charge in [0.1, 0.15) is 0 Å². The summed E-state index contributed by atoms with van der Waals surface area (Å²) < 4.78 is 29.3. The standard InChI is InChI=1S/C25H26F2/c1-3-5-6-7-19-10-13-22-17-23(15-14-21(22)16-19)25(27)24(26)20-11-8-18(4-2)9-12-20/h8-17H,3-7H2,1-2H3. The van der Waals surface area contributed by atoms with Crippen LogP contribution in [-0.4, -0.2) is 0 Å². The number of benzene rings is 3. The van der Waals surface area contributed by atoms with Gasteiger partial charge in [-0.1, -0.05) is 81.3 Å². The molecule has 3 aromatic rings. The van der Waals surface area contributed by atoms with Crippen LogP contribution in [0.3, 0.4) is 0 Å². The monoisotopic (exact) mass is 364 g/mol. The first kappa shape index (κ1) is 19.3. The van der Waals surface area contributed by atoms with Crippen molar-refractivity contribution in [1.82, 2.24) is 0 Å². The molecular weight excluding hydrogens is 338 g/mol. The molecule has 0 heterocycles. The Bertz CT molecular complexity index is 936. The molecular formula is C25H26F2. The minimum Gasteiger partial charge on any atom is -0.203 e. The van der Waals surface area contributed by atoms with Crippen molar-refractivity contribution < 1.29 is 8.78 Å². The summed E-state index contributed by atoms with van der Waals surface area (Å²) in [6.45, 7) is 4.23. The zero-order chi connectivity index (χ0) is 19.2. The van der Waals surface area contributed by atoms with E-state index >= 15 is 0 Å². The predicted octanol–water partition coefficient (Wildman–Crippen LogP) is 7.90. The van der Waals surface area contributed by atoms with Gasteiger partial charge in [-0.25, -0.2) is 8.78 Å². The Hall–Kier alpha value is -2.48. The van der Waals surface area contributed by atoms with E-state index in [1.165, 1.54) is 24.8 Å². The van der Waals surface area contributed by atoms with Gasteiger partial charge in [0.25, 0.3) is 0 Å². The van der Waals surface area contributed by atoms with Crippen molar-refractivity contribution in [2.75, 3.05) is 0 Å². The maximum Gasteiger partial charge on any atom is 0.166 e. The number of hydrogen-bond acceptors (Lipinski definition) is 0. The Kier molecular flexibility index (Phi) is 6.39. The minimum absolute atomic E-state index is 0.274. The highest BCUT2D eigenvalue weighted by molar-refractivity contribution is 5.90. The molecule has 27 heavy (non-hydrogen) atoms. The van der Waals surface area contributed by atoms with Crippen molar-refractivity contribution in [1.29, 1.82) is 0 Å². The van der Waals surface area contributed by atoms with Gasteiger partial charge >= 0.3 is 0 Å². The topological polar surface area (TPSA) is 0 Å². The second-order valence-corrected chi connectivity index (χ2v) is 7.03. The maximum atomic E-state index is 14.7. The van der Waals surface area contributed by atoms with Crippen molar-refractivity contribution in [2.24, 2.45) is 0 Å². The maximum absolute atomic E-state index is 14.7. The average molecular weight is 364 g/mol. The SMILES string of the molecule is CCCCCc1ccc2cc(C(F)=C(F)c3ccc(CC)cc3)ccc2c1. The molecule has 0 saturated heterocycles. The molecule has 0 unspecified atom stereocenters. The van der Waals surface area contributed by atoms with Crippen LogP contribution < -0.4 is 0 Å². The Labute approximate surface area is 160 Å². The summed E-state index contributed by atoms with van der Waals surface area (Å²) in [4.78, 5) is 0. The first-order valence-electron chi connectivity index (χ1n) is 9.80. The molecule has 3 rings (SSSR count). The molecule has 0 aromatic heterocycles. The summed E-state index contributed by atoms with van der Waals surface area (Å²) in [7, 11) is 0. The molecule has 0 saturated carbocycles. The molecule has 0 amide bonds. The van der Waals surface area contributed by atoms with E-state index in [1.807, 2.05) is 31.2 Å². The van der Waals surface area contributed by atoms with E-state index in [1.54, 1.807) is 24.3 Å². The van der Waals surface area contributed by atoms with E-state index in [-0.39, 0.29) is 11.1 Å². The summed E-state index contributed by atoms with van der Waals surface area (Å²) in [6, 6.07) is 18.4. The zero-order valence-electron chi connectivity index (χ0n) is 16.1. The molecule has 0 atom stereocenters. The zero-order valence-corrected chi connectivity index (χ0v) is 16.1. The number of fused-ring (bicyclic) bond motifs is 1. The Morgan fingerprint density at radius 3 is 1.96 bits per heavy atom. The van der Waals surface area contributed by atoms with Gasteiger partial charge < -0.3 is 0 Å². The lowest BCUT2D eigenvalue weighted by Crippen LogP contribution is -1.88. The fourth-order valence-corrected chi connectivity index (χ4v) is 3.31. The van der Waals surface area contributed by atoms with Crippen molar-refractivity contribution in [3.05, 3.63) is 82.9 Å². The van der Waals surface area contributed by atoms with E-state index in [0.29, 0.717) is 0 Å². The minimum atomic E-state index is -0.812. The highest BCUT2D eigenvalue weighted by Gasteiger charge is 2.12. The van der Waals surface area contributed by atoms with Crippen LogP contribution in [0, 0.1) is 0 Å². The summed E-state index contributed by atoms with van der Waals surface area (Å²) in [5.41, 5.74) is 2.95. The smallest absolute Gasteiger partial charge is 0.166 e. The van der Waals surface area contributed by atoms with Gasteiger partial charge in [0, 0.05) is 11.1 Å². The number of halogens is 2. The Morgan fingerprint density at radius 2 is 1.26 bits per heavy atom. The van der Waals surface area contributed by atoms with Crippen LogP contribution in [-0.2, 0) is 12.8 Å². The highest BCUT2D eigenvalue weighted by Crippen LogP contribution is 2.31. The summed E-state index contributed by atoms with van der Waals surface area (Å²) >= 11 is 0. The van der Waals surface area contributed by atoms with E-state index in [4.69, 9.17) is 0 Å². The number of hydrogen-bond donors (Lipinski definition) is 0. The summed E-state index contributed by atoms with van der Waals surface area (Å²) in [6.07, 6.45) is 5.54. The third-order valence-corrected chi connectivity index (χ3v) is 5.04. The average Bonchev–Trinajstić information content (AvgIpc) is 2.72. The molecule has 0 spiro atoms. The van der Waals surface area contributed by atoms with E-state index in [0.717, 1.165) is 29.2 Å². The molecule has 0 aliphatic heterocycles. The van der Waals surface area contributed by atoms with Gasteiger partial charge in [0.15, 0.2) is 11.7 Å². The van der Waals surface area contributed by atoms with Crippen LogP contribution in [0.25, 0.3) is 22.4 Å². The lowest BCUT2D eigenvalue weighted by atomic mass is 10.00. The Morgan fingerprint density at radius 1 is 0.667 bits per heavy atom. The number of unbranched alkanes of at least 4 members (excludes halogenated alkanes) is 2. The Balaban J connectivity index is 1.87. The van der Waals surface area contributed by atoms with E-state index < -0.39 is 11.7 Å². The van der Waals surface area contributed by atoms with Crippen molar-refractivity contribution in [2.45, 2.75) is 46.0 Å². The molecule has 0 fully saturated rings. The molecule has 0 nitrogen and oxygen atoms in total. The molecule has 0 aliphatic carbocycles. The van der Waals surface area contributed by atoms with Crippen LogP contribution in [0.2, 0.25) is 0 Å². The largest absolute Gasteiger partial charge is 0.203 e. The third kappa shape index (κ3) is 4.63. The third-order valence-electron chi connectivity index (χ3n) is 5.04. The van der Waals surface area contributed by atoms with Gasteiger partial charge in [-0.3, -0.25) is 0 Å². The lowest BCUT2D eigenvalue weighted by molar-refractivity contribution is 0.700. The quantitative estimate of drug-likeness (QED) is 0.295. The van der Waals surface area contributed by atoms with Gasteiger partial charge in [-0.15, -0.1) is 0 Å². The van der Waals surface area contributed by atoms with Gasteiger partial charge in [0.2, 0.25) is 0 Å². The van der Waals surface area contributed by atoms with Crippen molar-refractivity contribution in [3.63, 3.8) is 0 Å². The lowest BCUT2D eigenvalue weighted by Gasteiger charge is -2.07. The molecule has 3 aromatic carbocycles. The number of aryl methyl sites for hydroxylation is 2. The van der Waals surface area contributed by atoms with Crippen LogP contribution in [0.1, 0.15) is 55.4 Å². The van der Waals surface area contributed by atoms with E-state index in [9.17, 15) is 8.78 Å². The van der Waals surface area contributed by atoms with Crippen LogP contribution in [0.4, 0.5) is 8.78 Å². The van der Waals surface area contributed by atoms with E-state index in [2.05, 4.69) is 19.1 Å². The fraction of sp³-hybridized carbons (Fsp3) is 0.280. The van der Waals surface area contributed by atoms with Crippen LogP contribution in [0.15, 0.2) is 60.7 Å².